The molecule has 2 aromatic rings. The molecule has 0 saturated carbocycles. The maximum atomic E-state index is 11.7. The molecule has 0 spiro atoms. The van der Waals surface area contributed by atoms with Gasteiger partial charge in [-0.05, 0) is 25.0 Å². The molecular weight excluding hydrogens is 292 g/mol. The topological polar surface area (TPSA) is 71.2 Å². The molecular formula is C17H22N4O2. The zero-order chi connectivity index (χ0) is 16.6. The second kappa shape index (κ2) is 6.12. The van der Waals surface area contributed by atoms with E-state index in [9.17, 15) is 9.90 Å². The van der Waals surface area contributed by atoms with Crippen molar-refractivity contribution in [2.75, 3.05) is 13.1 Å². The molecule has 122 valence electrons. The first-order chi connectivity index (χ1) is 11.0. The van der Waals surface area contributed by atoms with Gasteiger partial charge in [-0.25, -0.2) is 4.98 Å². The van der Waals surface area contributed by atoms with Crippen LogP contribution in [0.25, 0.3) is 0 Å². The third-order valence-electron chi connectivity index (χ3n) is 4.62. The van der Waals surface area contributed by atoms with Gasteiger partial charge in [-0.3, -0.25) is 14.4 Å². The van der Waals surface area contributed by atoms with Crippen LogP contribution in [0.15, 0.2) is 24.3 Å². The minimum absolute atomic E-state index is 0.0167. The van der Waals surface area contributed by atoms with Crippen molar-refractivity contribution in [1.82, 2.24) is 19.7 Å². The van der Waals surface area contributed by atoms with Crippen LogP contribution >= 0.6 is 0 Å². The summed E-state index contributed by atoms with van der Waals surface area (Å²) < 4.78 is 1.77. The average Bonchev–Trinajstić information content (AvgIpc) is 3.04. The van der Waals surface area contributed by atoms with Gasteiger partial charge in [0.15, 0.2) is 0 Å². The first kappa shape index (κ1) is 15.7. The highest BCUT2D eigenvalue weighted by atomic mass is 16.4. The highest BCUT2D eigenvalue weighted by molar-refractivity contribution is 5.72. The van der Waals surface area contributed by atoms with Gasteiger partial charge in [0, 0.05) is 26.1 Å². The van der Waals surface area contributed by atoms with Crippen molar-refractivity contribution in [3.8, 4) is 0 Å². The smallest absolute Gasteiger partial charge is 0.308 e. The lowest BCUT2D eigenvalue weighted by molar-refractivity contribution is -0.141. The fraction of sp³-hybridized carbons (Fsp3) is 0.471. The molecule has 23 heavy (non-hydrogen) atoms. The number of hydrogen-bond donors (Lipinski definition) is 1. The molecule has 1 aromatic heterocycles. The van der Waals surface area contributed by atoms with Crippen LogP contribution in [-0.2, 0) is 18.4 Å². The molecule has 1 fully saturated rings. The Labute approximate surface area is 135 Å². The summed E-state index contributed by atoms with van der Waals surface area (Å²) in [5, 5.41) is 13.9. The zero-order valence-corrected chi connectivity index (χ0v) is 13.7. The number of carboxylic acid groups (broad SMARTS) is 1. The van der Waals surface area contributed by atoms with Crippen LogP contribution in [0.1, 0.15) is 28.7 Å². The lowest BCUT2D eigenvalue weighted by Crippen LogP contribution is -2.24. The van der Waals surface area contributed by atoms with E-state index in [0.29, 0.717) is 13.1 Å². The van der Waals surface area contributed by atoms with Gasteiger partial charge in [0.25, 0.3) is 0 Å². The largest absolute Gasteiger partial charge is 0.481 e. The van der Waals surface area contributed by atoms with Gasteiger partial charge >= 0.3 is 5.97 Å². The van der Waals surface area contributed by atoms with Crippen LogP contribution in [0.4, 0.5) is 0 Å². The number of aromatic nitrogens is 3. The molecule has 0 aliphatic carbocycles. The summed E-state index contributed by atoms with van der Waals surface area (Å²) in [4.78, 5) is 18.3. The Bertz CT molecular complexity index is 725. The van der Waals surface area contributed by atoms with Gasteiger partial charge in [0.2, 0.25) is 0 Å². The SMILES string of the molecule is Cc1nc(CN2C[C@H](C(=O)O)[C@@H](c3ccccc3C)C2)n(C)n1. The van der Waals surface area contributed by atoms with Gasteiger partial charge in [0.05, 0.1) is 12.5 Å². The lowest BCUT2D eigenvalue weighted by atomic mass is 9.86. The quantitative estimate of drug-likeness (QED) is 0.930. The lowest BCUT2D eigenvalue weighted by Gasteiger charge is -2.17. The van der Waals surface area contributed by atoms with E-state index < -0.39 is 5.97 Å². The fourth-order valence-electron chi connectivity index (χ4n) is 3.48. The Kier molecular flexibility index (Phi) is 4.17. The average molecular weight is 314 g/mol. The molecule has 1 aliphatic heterocycles. The van der Waals surface area contributed by atoms with Crippen molar-refractivity contribution in [2.24, 2.45) is 13.0 Å². The molecule has 6 nitrogen and oxygen atoms in total. The fourth-order valence-corrected chi connectivity index (χ4v) is 3.48. The predicted octanol–water partition coefficient (Wildman–Crippen LogP) is 1.73. The third kappa shape index (κ3) is 3.12. The monoisotopic (exact) mass is 314 g/mol. The molecule has 3 rings (SSSR count). The Balaban J connectivity index is 1.83. The standard InChI is InChI=1S/C17H22N4O2/c1-11-6-4-5-7-13(11)14-8-21(9-15(14)17(22)23)10-16-18-12(2)19-20(16)3/h4-7,14-15H,8-10H2,1-3H3,(H,22,23)/t14-,15+/m1/s1. The Hall–Kier alpha value is -2.21. The van der Waals surface area contributed by atoms with E-state index >= 15 is 0 Å². The van der Waals surface area contributed by atoms with Gasteiger partial charge in [-0.1, -0.05) is 24.3 Å². The van der Waals surface area contributed by atoms with Crippen molar-refractivity contribution >= 4 is 5.97 Å². The first-order valence-corrected chi connectivity index (χ1v) is 7.83. The summed E-state index contributed by atoms with van der Waals surface area (Å²) in [7, 11) is 1.87. The van der Waals surface area contributed by atoms with Crippen LogP contribution in [-0.4, -0.2) is 43.8 Å². The molecule has 2 atom stereocenters. The van der Waals surface area contributed by atoms with Gasteiger partial charge in [-0.15, -0.1) is 0 Å². The summed E-state index contributed by atoms with van der Waals surface area (Å²) >= 11 is 0. The highest BCUT2D eigenvalue weighted by Gasteiger charge is 2.39. The minimum Gasteiger partial charge on any atom is -0.481 e. The number of aryl methyl sites for hydroxylation is 3. The van der Waals surface area contributed by atoms with E-state index in [4.69, 9.17) is 0 Å². The Morgan fingerprint density at radius 1 is 1.30 bits per heavy atom. The van der Waals surface area contributed by atoms with Crippen LogP contribution in [0.5, 0.6) is 0 Å². The number of rotatable bonds is 4. The van der Waals surface area contributed by atoms with Crippen LogP contribution in [0.2, 0.25) is 0 Å². The number of benzene rings is 1. The second-order valence-corrected chi connectivity index (χ2v) is 6.30. The number of likely N-dealkylation sites (tertiary alicyclic amines) is 1. The molecule has 2 heterocycles. The molecule has 6 heteroatoms. The second-order valence-electron chi connectivity index (χ2n) is 6.30. The summed E-state index contributed by atoms with van der Waals surface area (Å²) in [5.74, 6) is 0.521. The van der Waals surface area contributed by atoms with Crippen LogP contribution in [0.3, 0.4) is 0 Å². The van der Waals surface area contributed by atoms with Crippen molar-refractivity contribution in [3.05, 3.63) is 47.0 Å². The zero-order valence-electron chi connectivity index (χ0n) is 13.7. The summed E-state index contributed by atoms with van der Waals surface area (Å²) in [6.45, 7) is 5.81. The molecule has 0 radical (unpaired) electrons. The van der Waals surface area contributed by atoms with Crippen molar-refractivity contribution < 1.29 is 9.90 Å². The van der Waals surface area contributed by atoms with E-state index in [-0.39, 0.29) is 11.8 Å². The van der Waals surface area contributed by atoms with Gasteiger partial charge in [0.1, 0.15) is 11.6 Å². The number of nitrogens with zero attached hydrogens (tertiary/aromatic N) is 4. The van der Waals surface area contributed by atoms with Crippen molar-refractivity contribution in [2.45, 2.75) is 26.3 Å². The molecule has 0 unspecified atom stereocenters. The summed E-state index contributed by atoms with van der Waals surface area (Å²) in [5.41, 5.74) is 2.29. The van der Waals surface area contributed by atoms with Crippen LogP contribution in [0, 0.1) is 19.8 Å². The van der Waals surface area contributed by atoms with E-state index in [1.165, 1.54) is 0 Å². The maximum absolute atomic E-state index is 11.7. The number of carbonyl (C=O) groups is 1. The molecule has 0 amide bonds. The molecule has 0 bridgehead atoms. The van der Waals surface area contributed by atoms with E-state index in [1.807, 2.05) is 45.2 Å². The molecule has 1 aliphatic rings. The van der Waals surface area contributed by atoms with Gasteiger partial charge in [-0.2, -0.15) is 5.10 Å². The Morgan fingerprint density at radius 3 is 2.65 bits per heavy atom. The van der Waals surface area contributed by atoms with E-state index in [0.717, 1.165) is 29.3 Å². The first-order valence-electron chi connectivity index (χ1n) is 7.83. The van der Waals surface area contributed by atoms with Gasteiger partial charge < -0.3 is 5.11 Å². The number of hydrogen-bond acceptors (Lipinski definition) is 4. The maximum Gasteiger partial charge on any atom is 0.308 e. The molecule has 1 saturated heterocycles. The van der Waals surface area contributed by atoms with Crippen molar-refractivity contribution in [3.63, 3.8) is 0 Å². The van der Waals surface area contributed by atoms with Crippen LogP contribution < -0.4 is 0 Å². The van der Waals surface area contributed by atoms with E-state index in [1.54, 1.807) is 4.68 Å². The third-order valence-corrected chi connectivity index (χ3v) is 4.62. The minimum atomic E-state index is -0.727. The Morgan fingerprint density at radius 2 is 2.04 bits per heavy atom. The summed E-state index contributed by atoms with van der Waals surface area (Å²) in [6.07, 6.45) is 0. The predicted molar refractivity (Wildman–Crippen MR) is 86.1 cm³/mol. The summed E-state index contributed by atoms with van der Waals surface area (Å²) in [6, 6.07) is 8.06. The van der Waals surface area contributed by atoms with Crippen molar-refractivity contribution in [1.29, 1.82) is 0 Å². The number of aliphatic carboxylic acids is 1. The number of carboxylic acids is 1. The molecule has 1 N–H and O–H groups in total. The normalized spacial score (nSPS) is 21.7. The molecule has 1 aromatic carbocycles. The van der Waals surface area contributed by atoms with E-state index in [2.05, 4.69) is 15.0 Å². The highest BCUT2D eigenvalue weighted by Crippen LogP contribution is 2.35.